The second-order valence-electron chi connectivity index (χ2n) is 5.72. The number of aliphatic hydroxyl groups is 1. The first-order chi connectivity index (χ1) is 8.30. The first-order valence-corrected chi connectivity index (χ1v) is 7.27. The zero-order valence-corrected chi connectivity index (χ0v) is 11.1. The monoisotopic (exact) mass is 241 g/mol. The van der Waals surface area contributed by atoms with E-state index >= 15 is 0 Å². The van der Waals surface area contributed by atoms with Gasteiger partial charge in [-0.2, -0.15) is 0 Å². The fraction of sp³-hybridized carbons (Fsp3) is 1.00. The Morgan fingerprint density at radius 3 is 2.76 bits per heavy atom. The first kappa shape index (κ1) is 13.3. The minimum Gasteiger partial charge on any atom is -0.394 e. The van der Waals surface area contributed by atoms with Crippen molar-refractivity contribution >= 4 is 0 Å². The molecule has 0 saturated heterocycles. The van der Waals surface area contributed by atoms with Crippen molar-refractivity contribution in [3.05, 3.63) is 0 Å². The van der Waals surface area contributed by atoms with Crippen LogP contribution in [-0.4, -0.2) is 36.5 Å². The summed E-state index contributed by atoms with van der Waals surface area (Å²) in [4.78, 5) is 0. The highest BCUT2D eigenvalue weighted by molar-refractivity contribution is 5.02. The van der Waals surface area contributed by atoms with Crippen LogP contribution in [0.1, 0.15) is 51.9 Å². The third-order valence-electron chi connectivity index (χ3n) is 4.27. The Morgan fingerprint density at radius 1 is 1.29 bits per heavy atom. The normalized spacial score (nSPS) is 33.2. The Kier molecular flexibility index (Phi) is 4.83. The van der Waals surface area contributed by atoms with Crippen molar-refractivity contribution in [3.8, 4) is 0 Å². The van der Waals surface area contributed by atoms with E-state index in [0.717, 1.165) is 32.5 Å². The van der Waals surface area contributed by atoms with Crippen LogP contribution in [-0.2, 0) is 4.74 Å². The van der Waals surface area contributed by atoms with Gasteiger partial charge in [0.2, 0.25) is 0 Å². The summed E-state index contributed by atoms with van der Waals surface area (Å²) in [6, 6.07) is 0.680. The van der Waals surface area contributed by atoms with Gasteiger partial charge in [-0.1, -0.05) is 13.3 Å². The lowest BCUT2D eigenvalue weighted by atomic mass is 9.85. The molecule has 0 radical (unpaired) electrons. The predicted octanol–water partition coefficient (Wildman–Crippen LogP) is 2.09. The first-order valence-electron chi connectivity index (χ1n) is 7.27. The molecule has 0 bridgehead atoms. The molecule has 0 amide bonds. The molecule has 0 spiro atoms. The Hall–Kier alpha value is -0.120. The minimum absolute atomic E-state index is 0.0107. The van der Waals surface area contributed by atoms with E-state index in [4.69, 9.17) is 4.74 Å². The van der Waals surface area contributed by atoms with E-state index in [1.165, 1.54) is 25.7 Å². The lowest BCUT2D eigenvalue weighted by Crippen LogP contribution is -2.52. The van der Waals surface area contributed by atoms with Crippen molar-refractivity contribution in [3.63, 3.8) is 0 Å². The number of rotatable bonds is 8. The highest BCUT2D eigenvalue weighted by atomic mass is 16.5. The van der Waals surface area contributed by atoms with Crippen molar-refractivity contribution in [2.24, 2.45) is 5.92 Å². The third kappa shape index (κ3) is 3.43. The second-order valence-corrected chi connectivity index (χ2v) is 5.72. The van der Waals surface area contributed by atoms with E-state index in [9.17, 15) is 5.11 Å². The molecular weight excluding hydrogens is 214 g/mol. The molecule has 2 aliphatic rings. The molecule has 0 aromatic carbocycles. The number of ether oxygens (including phenoxy) is 1. The van der Waals surface area contributed by atoms with E-state index in [0.29, 0.717) is 18.6 Å². The molecular formula is C14H27NO2. The summed E-state index contributed by atoms with van der Waals surface area (Å²) >= 11 is 0. The molecule has 2 N–H and O–H groups in total. The van der Waals surface area contributed by atoms with E-state index in [1.54, 1.807) is 0 Å². The van der Waals surface area contributed by atoms with E-state index in [2.05, 4.69) is 12.2 Å². The molecule has 0 heterocycles. The molecule has 2 saturated carbocycles. The Morgan fingerprint density at radius 2 is 2.12 bits per heavy atom. The van der Waals surface area contributed by atoms with Gasteiger partial charge in [-0.05, 0) is 44.4 Å². The van der Waals surface area contributed by atoms with Gasteiger partial charge in [-0.15, -0.1) is 0 Å². The summed E-state index contributed by atoms with van der Waals surface area (Å²) in [6.45, 7) is 4.16. The number of nitrogens with one attached hydrogen (secondary N) is 1. The maximum atomic E-state index is 9.76. The average molecular weight is 241 g/mol. The van der Waals surface area contributed by atoms with E-state index < -0.39 is 0 Å². The topological polar surface area (TPSA) is 41.5 Å². The van der Waals surface area contributed by atoms with Gasteiger partial charge in [-0.25, -0.2) is 0 Å². The van der Waals surface area contributed by atoms with Crippen LogP contribution < -0.4 is 5.32 Å². The van der Waals surface area contributed by atoms with Crippen molar-refractivity contribution in [2.45, 2.75) is 63.5 Å². The molecule has 0 aliphatic heterocycles. The molecule has 0 aromatic rings. The van der Waals surface area contributed by atoms with Crippen molar-refractivity contribution in [2.75, 3.05) is 19.8 Å². The van der Waals surface area contributed by atoms with Crippen molar-refractivity contribution in [1.29, 1.82) is 0 Å². The second kappa shape index (κ2) is 6.17. The van der Waals surface area contributed by atoms with Gasteiger partial charge in [-0.3, -0.25) is 0 Å². The summed E-state index contributed by atoms with van der Waals surface area (Å²) < 4.78 is 5.59. The van der Waals surface area contributed by atoms with Gasteiger partial charge in [0.15, 0.2) is 0 Å². The third-order valence-corrected chi connectivity index (χ3v) is 4.27. The molecule has 2 unspecified atom stereocenters. The number of aliphatic hydroxyl groups excluding tert-OH is 1. The van der Waals surface area contributed by atoms with Crippen LogP contribution >= 0.6 is 0 Å². The van der Waals surface area contributed by atoms with Crippen molar-refractivity contribution in [1.82, 2.24) is 5.32 Å². The fourth-order valence-corrected chi connectivity index (χ4v) is 3.11. The highest BCUT2D eigenvalue weighted by Crippen LogP contribution is 2.40. The molecule has 100 valence electrons. The lowest BCUT2D eigenvalue weighted by Gasteiger charge is -2.35. The molecule has 2 aliphatic carbocycles. The summed E-state index contributed by atoms with van der Waals surface area (Å²) in [5.41, 5.74) is 0.0107. The van der Waals surface area contributed by atoms with Crippen molar-refractivity contribution < 1.29 is 9.84 Å². The molecule has 3 heteroatoms. The maximum Gasteiger partial charge on any atom is 0.0616 e. The fourth-order valence-electron chi connectivity index (χ4n) is 3.11. The standard InChI is InChI=1S/C14H27NO2/c1-2-9-17-10-7-12-4-3-8-14(12,11-16)15-13-5-6-13/h12-13,15-16H,2-11H2,1H3. The van der Waals surface area contributed by atoms with Gasteiger partial charge < -0.3 is 15.2 Å². The Bertz CT molecular complexity index is 230. The van der Waals surface area contributed by atoms with Crippen LogP contribution in [0.2, 0.25) is 0 Å². The van der Waals surface area contributed by atoms with Crippen LogP contribution in [0.5, 0.6) is 0 Å². The molecule has 2 atom stereocenters. The van der Waals surface area contributed by atoms with Gasteiger partial charge >= 0.3 is 0 Å². The molecule has 17 heavy (non-hydrogen) atoms. The SMILES string of the molecule is CCCOCCC1CCCC1(CO)NC1CC1. The van der Waals surface area contributed by atoms with Crippen LogP contribution in [0, 0.1) is 5.92 Å². The summed E-state index contributed by atoms with van der Waals surface area (Å²) in [5.74, 6) is 0.602. The molecule has 2 rings (SSSR count). The lowest BCUT2D eigenvalue weighted by molar-refractivity contribution is 0.0781. The van der Waals surface area contributed by atoms with Crippen LogP contribution in [0.3, 0.4) is 0 Å². The minimum atomic E-state index is 0.0107. The number of hydrogen-bond acceptors (Lipinski definition) is 3. The van der Waals surface area contributed by atoms with Crippen LogP contribution in [0.4, 0.5) is 0 Å². The van der Waals surface area contributed by atoms with Crippen LogP contribution in [0.25, 0.3) is 0 Å². The van der Waals surface area contributed by atoms with Gasteiger partial charge in [0.1, 0.15) is 0 Å². The Labute approximate surface area is 105 Å². The smallest absolute Gasteiger partial charge is 0.0616 e. The zero-order valence-electron chi connectivity index (χ0n) is 11.1. The Balaban J connectivity index is 1.80. The summed E-state index contributed by atoms with van der Waals surface area (Å²) in [7, 11) is 0. The van der Waals surface area contributed by atoms with Crippen LogP contribution in [0.15, 0.2) is 0 Å². The summed E-state index contributed by atoms with van der Waals surface area (Å²) in [6.07, 6.45) is 8.41. The van der Waals surface area contributed by atoms with Gasteiger partial charge in [0, 0.05) is 24.8 Å². The van der Waals surface area contributed by atoms with Gasteiger partial charge in [0.05, 0.1) is 6.61 Å². The predicted molar refractivity (Wildman–Crippen MR) is 69.0 cm³/mol. The highest BCUT2D eigenvalue weighted by Gasteiger charge is 2.44. The molecule has 3 nitrogen and oxygen atoms in total. The van der Waals surface area contributed by atoms with E-state index in [1.807, 2.05) is 0 Å². The summed E-state index contributed by atoms with van der Waals surface area (Å²) in [5, 5.41) is 13.5. The average Bonchev–Trinajstić information content (AvgIpc) is 3.06. The molecule has 2 fully saturated rings. The zero-order chi connectivity index (χ0) is 12.1. The quantitative estimate of drug-likeness (QED) is 0.639. The van der Waals surface area contributed by atoms with E-state index in [-0.39, 0.29) is 5.54 Å². The number of hydrogen-bond donors (Lipinski definition) is 2. The largest absolute Gasteiger partial charge is 0.394 e. The van der Waals surface area contributed by atoms with Gasteiger partial charge in [0.25, 0.3) is 0 Å². The molecule has 0 aromatic heterocycles. The maximum absolute atomic E-state index is 9.76.